The van der Waals surface area contributed by atoms with Crippen molar-refractivity contribution < 1.29 is 4.79 Å². The molecule has 5 heteroatoms. The number of rotatable bonds is 7. The maximum Gasteiger partial charge on any atom is 0.271 e. The molecule has 2 rings (SSSR count). The molecule has 1 heterocycles. The van der Waals surface area contributed by atoms with Crippen LogP contribution in [0, 0.1) is 0 Å². The Labute approximate surface area is 137 Å². The molecule has 0 saturated carbocycles. The monoisotopic (exact) mass is 312 g/mol. The highest BCUT2D eigenvalue weighted by Gasteiger charge is 2.10. The molecule has 0 atom stereocenters. The van der Waals surface area contributed by atoms with Gasteiger partial charge >= 0.3 is 0 Å². The molecule has 5 nitrogen and oxygen atoms in total. The van der Waals surface area contributed by atoms with Crippen molar-refractivity contribution in [2.24, 2.45) is 0 Å². The molecule has 0 aliphatic heterocycles. The number of nitrogens with one attached hydrogen (secondary N) is 2. The molecule has 1 amide bonds. The van der Waals surface area contributed by atoms with E-state index in [1.165, 1.54) is 17.3 Å². The first-order chi connectivity index (χ1) is 11.2. The van der Waals surface area contributed by atoms with Crippen molar-refractivity contribution in [3.8, 4) is 0 Å². The van der Waals surface area contributed by atoms with Crippen LogP contribution in [0.15, 0.2) is 30.6 Å². The Balaban J connectivity index is 2.17. The molecule has 1 aromatic carbocycles. The molecule has 0 radical (unpaired) electrons. The molecule has 0 bridgehead atoms. The Kier molecular flexibility index (Phi) is 6.09. The zero-order valence-corrected chi connectivity index (χ0v) is 14.0. The maximum atomic E-state index is 11.8. The van der Waals surface area contributed by atoms with Crippen molar-refractivity contribution in [2.75, 3.05) is 11.9 Å². The Bertz CT molecular complexity index is 630. The van der Waals surface area contributed by atoms with Crippen LogP contribution >= 0.6 is 0 Å². The summed E-state index contributed by atoms with van der Waals surface area (Å²) in [6.45, 7) is 6.92. The van der Waals surface area contributed by atoms with Crippen molar-refractivity contribution >= 4 is 17.4 Å². The minimum atomic E-state index is -0.186. The normalized spacial score (nSPS) is 10.4. The Morgan fingerprint density at radius 1 is 1.04 bits per heavy atom. The summed E-state index contributed by atoms with van der Waals surface area (Å²) in [7, 11) is 0. The van der Waals surface area contributed by atoms with Crippen molar-refractivity contribution in [2.45, 2.75) is 40.0 Å². The predicted molar refractivity (Wildman–Crippen MR) is 93.1 cm³/mol. The van der Waals surface area contributed by atoms with Gasteiger partial charge in [-0.3, -0.25) is 4.79 Å². The molecule has 0 aliphatic carbocycles. The van der Waals surface area contributed by atoms with Crippen LogP contribution < -0.4 is 10.6 Å². The van der Waals surface area contributed by atoms with E-state index in [9.17, 15) is 4.79 Å². The summed E-state index contributed by atoms with van der Waals surface area (Å²) in [5.74, 6) is 0.460. The van der Waals surface area contributed by atoms with Gasteiger partial charge in [-0.15, -0.1) is 0 Å². The van der Waals surface area contributed by atoms with E-state index in [2.05, 4.69) is 52.6 Å². The highest BCUT2D eigenvalue weighted by molar-refractivity contribution is 5.92. The summed E-state index contributed by atoms with van der Waals surface area (Å²) in [5, 5.41) is 6.14. The second-order valence-electron chi connectivity index (χ2n) is 5.33. The molecule has 2 aromatic rings. The number of anilines is 2. The fourth-order valence-electron chi connectivity index (χ4n) is 2.37. The van der Waals surface area contributed by atoms with E-state index in [1.807, 2.05) is 6.92 Å². The van der Waals surface area contributed by atoms with Gasteiger partial charge in [0.15, 0.2) is 0 Å². The maximum absolute atomic E-state index is 11.8. The Morgan fingerprint density at radius 2 is 1.74 bits per heavy atom. The number of aromatic nitrogens is 2. The first-order valence-corrected chi connectivity index (χ1v) is 8.17. The lowest BCUT2D eigenvalue weighted by molar-refractivity contribution is 0.0948. The summed E-state index contributed by atoms with van der Waals surface area (Å²) in [6.07, 6.45) is 5.90. The Morgan fingerprint density at radius 3 is 2.26 bits per heavy atom. The number of carbonyl (C=O) groups excluding carboxylic acids is 1. The number of hydrogen-bond donors (Lipinski definition) is 2. The average molecular weight is 312 g/mol. The third-order valence-corrected chi connectivity index (χ3v) is 3.67. The van der Waals surface area contributed by atoms with E-state index in [1.54, 1.807) is 6.20 Å². The van der Waals surface area contributed by atoms with Gasteiger partial charge in [0, 0.05) is 12.2 Å². The number of amides is 1. The zero-order valence-electron chi connectivity index (χ0n) is 14.0. The van der Waals surface area contributed by atoms with Gasteiger partial charge in [-0.25, -0.2) is 9.97 Å². The summed E-state index contributed by atoms with van der Waals surface area (Å²) in [6, 6.07) is 6.30. The fourth-order valence-corrected chi connectivity index (χ4v) is 2.37. The summed E-state index contributed by atoms with van der Waals surface area (Å²) in [4.78, 5) is 20.4. The van der Waals surface area contributed by atoms with Crippen LogP contribution in [0.1, 0.15) is 48.8 Å². The van der Waals surface area contributed by atoms with Crippen LogP contribution in [0.3, 0.4) is 0 Å². The van der Waals surface area contributed by atoms with E-state index in [4.69, 9.17) is 0 Å². The second kappa shape index (κ2) is 8.27. The second-order valence-corrected chi connectivity index (χ2v) is 5.33. The van der Waals surface area contributed by atoms with Gasteiger partial charge < -0.3 is 10.6 Å². The van der Waals surface area contributed by atoms with E-state index >= 15 is 0 Å². The highest BCUT2D eigenvalue weighted by atomic mass is 16.1. The third-order valence-electron chi connectivity index (χ3n) is 3.67. The molecule has 0 unspecified atom stereocenters. The molecule has 0 spiro atoms. The lowest BCUT2D eigenvalue weighted by Crippen LogP contribution is -2.25. The first-order valence-electron chi connectivity index (χ1n) is 8.17. The van der Waals surface area contributed by atoms with E-state index < -0.39 is 0 Å². The van der Waals surface area contributed by atoms with Gasteiger partial charge in [0.1, 0.15) is 11.5 Å². The number of nitrogens with zero attached hydrogens (tertiary/aromatic N) is 2. The largest absolute Gasteiger partial charge is 0.351 e. The molecule has 1 aromatic heterocycles. The van der Waals surface area contributed by atoms with Gasteiger partial charge in [0.2, 0.25) is 0 Å². The SMILES string of the molecule is CCCNC(=O)c1cnc(Nc2c(CC)cccc2CC)cn1. The van der Waals surface area contributed by atoms with Crippen molar-refractivity contribution in [3.63, 3.8) is 0 Å². The number of benzene rings is 1. The van der Waals surface area contributed by atoms with Crippen molar-refractivity contribution in [1.82, 2.24) is 15.3 Å². The fraction of sp³-hybridized carbons (Fsp3) is 0.389. The van der Waals surface area contributed by atoms with Gasteiger partial charge in [-0.2, -0.15) is 0 Å². The zero-order chi connectivity index (χ0) is 16.7. The van der Waals surface area contributed by atoms with E-state index in [-0.39, 0.29) is 5.91 Å². The molecule has 122 valence electrons. The minimum absolute atomic E-state index is 0.186. The van der Waals surface area contributed by atoms with Gasteiger partial charge in [0.25, 0.3) is 5.91 Å². The predicted octanol–water partition coefficient (Wildman–Crippen LogP) is 3.48. The highest BCUT2D eigenvalue weighted by Crippen LogP contribution is 2.25. The molecule has 0 saturated heterocycles. The summed E-state index contributed by atoms with van der Waals surface area (Å²) < 4.78 is 0. The summed E-state index contributed by atoms with van der Waals surface area (Å²) in [5.41, 5.74) is 3.92. The van der Waals surface area contributed by atoms with Gasteiger partial charge in [0.05, 0.1) is 12.4 Å². The standard InChI is InChI=1S/C18H24N4O/c1-4-10-19-18(23)15-11-21-16(12-20-15)22-17-13(5-2)8-7-9-14(17)6-3/h7-9,11-12H,4-6,10H2,1-3H3,(H,19,23)(H,21,22). The van der Waals surface area contributed by atoms with Crippen molar-refractivity contribution in [3.05, 3.63) is 47.4 Å². The van der Waals surface area contributed by atoms with Crippen LogP contribution in [0.5, 0.6) is 0 Å². The molecule has 0 aliphatic rings. The first kappa shape index (κ1) is 16.9. The van der Waals surface area contributed by atoms with Crippen LogP contribution in [-0.4, -0.2) is 22.4 Å². The quantitative estimate of drug-likeness (QED) is 0.821. The third kappa shape index (κ3) is 4.28. The Hall–Kier alpha value is -2.43. The number of hydrogen-bond acceptors (Lipinski definition) is 4. The lowest BCUT2D eigenvalue weighted by Gasteiger charge is -2.14. The molecular weight excluding hydrogens is 288 g/mol. The molecule has 23 heavy (non-hydrogen) atoms. The minimum Gasteiger partial charge on any atom is -0.351 e. The molecular formula is C18H24N4O. The van der Waals surface area contributed by atoms with Gasteiger partial charge in [-0.1, -0.05) is 39.0 Å². The van der Waals surface area contributed by atoms with Gasteiger partial charge in [-0.05, 0) is 30.4 Å². The topological polar surface area (TPSA) is 66.9 Å². The number of aryl methyl sites for hydroxylation is 2. The van der Waals surface area contributed by atoms with E-state index in [0.717, 1.165) is 24.9 Å². The van der Waals surface area contributed by atoms with Crippen molar-refractivity contribution in [1.29, 1.82) is 0 Å². The number of carbonyl (C=O) groups is 1. The molecule has 2 N–H and O–H groups in total. The lowest BCUT2D eigenvalue weighted by atomic mass is 10.0. The summed E-state index contributed by atoms with van der Waals surface area (Å²) >= 11 is 0. The smallest absolute Gasteiger partial charge is 0.271 e. The van der Waals surface area contributed by atoms with Crippen LogP contribution in [-0.2, 0) is 12.8 Å². The average Bonchev–Trinajstić information content (AvgIpc) is 2.60. The van der Waals surface area contributed by atoms with E-state index in [0.29, 0.717) is 18.1 Å². The van der Waals surface area contributed by atoms with Crippen LogP contribution in [0.2, 0.25) is 0 Å². The molecule has 0 fully saturated rings. The number of para-hydroxylation sites is 1. The van der Waals surface area contributed by atoms with Crippen LogP contribution in [0.4, 0.5) is 11.5 Å². The van der Waals surface area contributed by atoms with Crippen LogP contribution in [0.25, 0.3) is 0 Å².